The molecule has 3 saturated carbocycles. The van der Waals surface area contributed by atoms with Crippen molar-refractivity contribution in [1.82, 2.24) is 4.72 Å². The van der Waals surface area contributed by atoms with E-state index in [2.05, 4.69) is 4.72 Å². The molecule has 1 aliphatic heterocycles. The molecule has 0 radical (unpaired) electrons. The first kappa shape index (κ1) is 15.4. The molecule has 4 aliphatic rings. The molecule has 3 unspecified atom stereocenters. The Kier molecular flexibility index (Phi) is 4.02. The summed E-state index contributed by atoms with van der Waals surface area (Å²) in [5, 5.41) is 0. The van der Waals surface area contributed by atoms with Gasteiger partial charge in [-0.3, -0.25) is 0 Å². The third kappa shape index (κ3) is 2.53. The van der Waals surface area contributed by atoms with Crippen molar-refractivity contribution in [2.24, 2.45) is 17.3 Å². The van der Waals surface area contributed by atoms with E-state index < -0.39 is 10.0 Å². The van der Waals surface area contributed by atoms with Gasteiger partial charge in [0.05, 0.1) is 11.9 Å². The molecule has 1 saturated heterocycles. The van der Waals surface area contributed by atoms with Crippen molar-refractivity contribution in [2.45, 2.75) is 76.4 Å². The van der Waals surface area contributed by atoms with E-state index in [-0.39, 0.29) is 11.5 Å². The molecule has 0 amide bonds. The van der Waals surface area contributed by atoms with Crippen molar-refractivity contribution in [3.8, 4) is 0 Å². The molecular weight excluding hydrogens is 298 g/mol. The van der Waals surface area contributed by atoms with Gasteiger partial charge >= 0.3 is 0 Å². The topological polar surface area (TPSA) is 55.4 Å². The lowest BCUT2D eigenvalue weighted by Gasteiger charge is -2.56. The van der Waals surface area contributed by atoms with Crippen LogP contribution in [0.1, 0.15) is 64.2 Å². The van der Waals surface area contributed by atoms with Crippen LogP contribution in [0.2, 0.25) is 0 Å². The molecule has 3 atom stereocenters. The first-order valence-corrected chi connectivity index (χ1v) is 10.9. The highest BCUT2D eigenvalue weighted by Gasteiger charge is 2.65. The zero-order valence-corrected chi connectivity index (χ0v) is 14.2. The molecule has 1 N–H and O–H groups in total. The van der Waals surface area contributed by atoms with Crippen LogP contribution in [0.4, 0.5) is 0 Å². The summed E-state index contributed by atoms with van der Waals surface area (Å²) in [5.41, 5.74) is 0.126. The molecular formula is C17H29NO3S. The third-order valence-electron chi connectivity index (χ3n) is 6.77. The Morgan fingerprint density at radius 2 is 1.73 bits per heavy atom. The van der Waals surface area contributed by atoms with Gasteiger partial charge in [0.25, 0.3) is 0 Å². The number of ether oxygens (including phenoxy) is 1. The van der Waals surface area contributed by atoms with Crippen LogP contribution in [0.3, 0.4) is 0 Å². The fraction of sp³-hybridized carbons (Fsp3) is 1.00. The van der Waals surface area contributed by atoms with E-state index >= 15 is 0 Å². The molecule has 1 spiro atoms. The van der Waals surface area contributed by atoms with Crippen LogP contribution >= 0.6 is 0 Å². The Bertz CT molecular complexity index is 506. The van der Waals surface area contributed by atoms with Gasteiger partial charge in [-0.1, -0.05) is 32.1 Å². The largest absolute Gasteiger partial charge is 0.377 e. The highest BCUT2D eigenvalue weighted by atomic mass is 32.2. The highest BCUT2D eigenvalue weighted by molar-refractivity contribution is 7.89. The van der Waals surface area contributed by atoms with E-state index in [4.69, 9.17) is 4.74 Å². The van der Waals surface area contributed by atoms with Gasteiger partial charge in [-0.05, 0) is 38.0 Å². The maximum absolute atomic E-state index is 12.7. The third-order valence-corrected chi connectivity index (χ3v) is 8.30. The van der Waals surface area contributed by atoms with Gasteiger partial charge < -0.3 is 4.74 Å². The summed E-state index contributed by atoms with van der Waals surface area (Å²) in [4.78, 5) is 0. The molecule has 126 valence electrons. The second kappa shape index (κ2) is 5.75. The number of rotatable bonds is 4. The standard InChI is InChI=1S/C17H29NO3S/c19-22(20,12-13-6-2-1-3-7-13)18-15-14-8-11-21-16(14)17(15)9-4-5-10-17/h13-16,18H,1-12H2. The smallest absolute Gasteiger partial charge is 0.212 e. The second-order valence-corrected chi connectivity index (χ2v) is 9.86. The maximum atomic E-state index is 12.7. The number of sulfonamides is 1. The van der Waals surface area contributed by atoms with Crippen molar-refractivity contribution >= 4 is 10.0 Å². The van der Waals surface area contributed by atoms with Crippen LogP contribution in [0, 0.1) is 17.3 Å². The minimum atomic E-state index is -3.15. The Labute approximate surface area is 134 Å². The van der Waals surface area contributed by atoms with Crippen LogP contribution in [-0.2, 0) is 14.8 Å². The fourth-order valence-corrected chi connectivity index (χ4v) is 7.61. The van der Waals surface area contributed by atoms with E-state index in [0.29, 0.717) is 23.7 Å². The van der Waals surface area contributed by atoms with Crippen molar-refractivity contribution < 1.29 is 13.2 Å². The normalized spacial score (nSPS) is 38.1. The lowest BCUT2D eigenvalue weighted by molar-refractivity contribution is -0.123. The summed E-state index contributed by atoms with van der Waals surface area (Å²) >= 11 is 0. The van der Waals surface area contributed by atoms with Crippen molar-refractivity contribution in [3.05, 3.63) is 0 Å². The van der Waals surface area contributed by atoms with Crippen molar-refractivity contribution in [2.75, 3.05) is 12.4 Å². The molecule has 0 aromatic heterocycles. The van der Waals surface area contributed by atoms with Gasteiger partial charge in [-0.2, -0.15) is 0 Å². The molecule has 4 nitrogen and oxygen atoms in total. The molecule has 4 rings (SSSR count). The van der Waals surface area contributed by atoms with Gasteiger partial charge in [0, 0.05) is 24.0 Å². The molecule has 3 aliphatic carbocycles. The van der Waals surface area contributed by atoms with Gasteiger partial charge in [0.2, 0.25) is 10.0 Å². The summed E-state index contributed by atoms with van der Waals surface area (Å²) in [6, 6.07) is 0.149. The molecule has 1 heterocycles. The van der Waals surface area contributed by atoms with Crippen LogP contribution in [0.15, 0.2) is 0 Å². The molecule has 0 aromatic carbocycles. The summed E-state index contributed by atoms with van der Waals surface area (Å²) in [5.74, 6) is 1.15. The predicted molar refractivity (Wildman–Crippen MR) is 86.0 cm³/mol. The molecule has 22 heavy (non-hydrogen) atoms. The number of nitrogens with one attached hydrogen (secondary N) is 1. The van der Waals surface area contributed by atoms with E-state index in [1.807, 2.05) is 0 Å². The average Bonchev–Trinajstić information content (AvgIpc) is 3.14. The van der Waals surface area contributed by atoms with Crippen LogP contribution < -0.4 is 4.72 Å². The van der Waals surface area contributed by atoms with Gasteiger partial charge in [-0.25, -0.2) is 13.1 Å². The van der Waals surface area contributed by atoms with Gasteiger partial charge in [0.15, 0.2) is 0 Å². The van der Waals surface area contributed by atoms with E-state index in [1.54, 1.807) is 0 Å². The van der Waals surface area contributed by atoms with E-state index in [9.17, 15) is 8.42 Å². The monoisotopic (exact) mass is 327 g/mol. The zero-order chi connectivity index (χ0) is 15.2. The summed E-state index contributed by atoms with van der Waals surface area (Å²) < 4.78 is 34.4. The minimum Gasteiger partial charge on any atom is -0.377 e. The maximum Gasteiger partial charge on any atom is 0.212 e. The van der Waals surface area contributed by atoms with E-state index in [0.717, 1.165) is 38.7 Å². The first-order chi connectivity index (χ1) is 10.6. The molecule has 5 heteroatoms. The Hall–Kier alpha value is -0.130. The van der Waals surface area contributed by atoms with Crippen LogP contribution in [-0.4, -0.2) is 32.9 Å². The quantitative estimate of drug-likeness (QED) is 0.864. The fourth-order valence-electron chi connectivity index (χ4n) is 5.76. The number of hydrogen-bond acceptors (Lipinski definition) is 3. The Morgan fingerprint density at radius 1 is 1.00 bits per heavy atom. The SMILES string of the molecule is O=S(=O)(CC1CCCCC1)NC1C2CCOC2C12CCCC2. The van der Waals surface area contributed by atoms with Crippen molar-refractivity contribution in [1.29, 1.82) is 0 Å². The zero-order valence-electron chi connectivity index (χ0n) is 13.4. The lowest BCUT2D eigenvalue weighted by Crippen LogP contribution is -2.68. The lowest BCUT2D eigenvalue weighted by atomic mass is 9.55. The number of hydrogen-bond donors (Lipinski definition) is 1. The second-order valence-electron chi connectivity index (χ2n) is 8.07. The minimum absolute atomic E-state index is 0.126. The van der Waals surface area contributed by atoms with Crippen LogP contribution in [0.5, 0.6) is 0 Å². The van der Waals surface area contributed by atoms with Crippen molar-refractivity contribution in [3.63, 3.8) is 0 Å². The van der Waals surface area contributed by atoms with Gasteiger partial charge in [-0.15, -0.1) is 0 Å². The summed E-state index contributed by atoms with van der Waals surface area (Å²) in [7, 11) is -3.15. The van der Waals surface area contributed by atoms with Crippen LogP contribution in [0.25, 0.3) is 0 Å². The van der Waals surface area contributed by atoms with E-state index in [1.165, 1.54) is 32.1 Å². The summed E-state index contributed by atoms with van der Waals surface area (Å²) in [6.45, 7) is 0.817. The molecule has 4 fully saturated rings. The highest BCUT2D eigenvalue weighted by Crippen LogP contribution is 2.60. The first-order valence-electron chi connectivity index (χ1n) is 9.22. The van der Waals surface area contributed by atoms with Gasteiger partial charge in [0.1, 0.15) is 0 Å². The predicted octanol–water partition coefficient (Wildman–Crippen LogP) is 2.83. The number of fused-ring (bicyclic) bond motifs is 2. The molecule has 0 bridgehead atoms. The Balaban J connectivity index is 1.44. The average molecular weight is 327 g/mol. The Morgan fingerprint density at radius 3 is 2.45 bits per heavy atom. The summed E-state index contributed by atoms with van der Waals surface area (Å²) in [6.07, 6.45) is 12.0. The molecule has 0 aromatic rings.